The van der Waals surface area contributed by atoms with Crippen molar-refractivity contribution in [3.8, 4) is 11.5 Å². The van der Waals surface area contributed by atoms with Gasteiger partial charge in [0, 0.05) is 0 Å². The van der Waals surface area contributed by atoms with Crippen molar-refractivity contribution in [1.29, 1.82) is 0 Å². The topological polar surface area (TPSA) is 47.6 Å². The van der Waals surface area contributed by atoms with E-state index in [1.807, 2.05) is 0 Å². The number of ether oxygens (including phenoxy) is 2. The molecular formula is C11H12ClNO3. The van der Waals surface area contributed by atoms with Crippen molar-refractivity contribution in [2.45, 2.75) is 0 Å². The molecule has 16 heavy (non-hydrogen) atoms. The highest BCUT2D eigenvalue weighted by Crippen LogP contribution is 2.40. The number of benzene rings is 1. The maximum atomic E-state index is 11.8. The van der Waals surface area contributed by atoms with E-state index < -0.39 is 0 Å². The van der Waals surface area contributed by atoms with Crippen LogP contribution in [0.3, 0.4) is 0 Å². The van der Waals surface area contributed by atoms with Gasteiger partial charge in [0.1, 0.15) is 13.2 Å². The molecule has 1 aliphatic rings. The summed E-state index contributed by atoms with van der Waals surface area (Å²) in [4.78, 5) is 11.8. The Labute approximate surface area is 98.5 Å². The molecule has 1 N–H and O–H groups in total. The molecule has 1 aromatic carbocycles. The minimum atomic E-state index is -0.0408. The summed E-state index contributed by atoms with van der Waals surface area (Å²) in [5.41, 5.74) is 0.508. The standard InChI is InChI=1S/C11H12ClNO3/c1-13-6-9(14)7-2-3-8(12)11-10(7)15-4-5-16-11/h2-3,13H,4-6H2,1H3. The van der Waals surface area contributed by atoms with Gasteiger partial charge in [0.2, 0.25) is 0 Å². The SMILES string of the molecule is CNCC(=O)c1ccc(Cl)c2c1OCCO2. The molecule has 0 aliphatic carbocycles. The minimum absolute atomic E-state index is 0.0408. The van der Waals surface area contributed by atoms with E-state index in [9.17, 15) is 4.79 Å². The van der Waals surface area contributed by atoms with Crippen LogP contribution in [0.4, 0.5) is 0 Å². The molecule has 0 bridgehead atoms. The van der Waals surface area contributed by atoms with Crippen LogP contribution in [-0.4, -0.2) is 32.6 Å². The van der Waals surface area contributed by atoms with Gasteiger partial charge in [-0.1, -0.05) is 11.6 Å². The van der Waals surface area contributed by atoms with Crippen molar-refractivity contribution in [3.05, 3.63) is 22.7 Å². The number of halogens is 1. The van der Waals surface area contributed by atoms with Gasteiger partial charge in [-0.2, -0.15) is 0 Å². The fourth-order valence-electron chi connectivity index (χ4n) is 1.58. The summed E-state index contributed by atoms with van der Waals surface area (Å²) in [6.07, 6.45) is 0. The van der Waals surface area contributed by atoms with E-state index in [2.05, 4.69) is 5.32 Å². The number of hydrogen-bond donors (Lipinski definition) is 1. The Balaban J connectivity index is 2.42. The van der Waals surface area contributed by atoms with Crippen LogP contribution in [0.15, 0.2) is 12.1 Å². The van der Waals surface area contributed by atoms with E-state index >= 15 is 0 Å². The van der Waals surface area contributed by atoms with Crippen LogP contribution in [0.25, 0.3) is 0 Å². The fourth-order valence-corrected chi connectivity index (χ4v) is 1.78. The molecule has 1 heterocycles. The third-order valence-corrected chi connectivity index (χ3v) is 2.58. The Bertz CT molecular complexity index is 420. The van der Waals surface area contributed by atoms with Crippen molar-refractivity contribution in [2.75, 3.05) is 26.8 Å². The Hall–Kier alpha value is -1.26. The van der Waals surface area contributed by atoms with E-state index in [1.165, 1.54) is 0 Å². The zero-order chi connectivity index (χ0) is 11.5. The molecule has 0 radical (unpaired) electrons. The molecule has 0 unspecified atom stereocenters. The second kappa shape index (κ2) is 4.72. The van der Waals surface area contributed by atoms with E-state index in [4.69, 9.17) is 21.1 Å². The monoisotopic (exact) mass is 241 g/mol. The first-order valence-electron chi connectivity index (χ1n) is 5.00. The number of carbonyl (C=O) groups is 1. The zero-order valence-corrected chi connectivity index (χ0v) is 9.63. The van der Waals surface area contributed by atoms with Gasteiger partial charge in [0.25, 0.3) is 0 Å². The van der Waals surface area contributed by atoms with Gasteiger partial charge >= 0.3 is 0 Å². The third-order valence-electron chi connectivity index (χ3n) is 2.28. The van der Waals surface area contributed by atoms with Crippen LogP contribution in [0.1, 0.15) is 10.4 Å². The van der Waals surface area contributed by atoms with E-state index in [-0.39, 0.29) is 12.3 Å². The molecule has 86 valence electrons. The average Bonchev–Trinajstić information content (AvgIpc) is 2.30. The lowest BCUT2D eigenvalue weighted by Crippen LogP contribution is -2.22. The van der Waals surface area contributed by atoms with Crippen LogP contribution in [0, 0.1) is 0 Å². The molecule has 0 aromatic heterocycles. The number of ketones is 1. The molecule has 2 rings (SSSR count). The maximum absolute atomic E-state index is 11.8. The summed E-state index contributed by atoms with van der Waals surface area (Å²) in [7, 11) is 1.72. The summed E-state index contributed by atoms with van der Waals surface area (Å²) in [5, 5.41) is 3.28. The van der Waals surface area contributed by atoms with Crippen LogP contribution in [0.5, 0.6) is 11.5 Å². The lowest BCUT2D eigenvalue weighted by Gasteiger charge is -2.21. The molecule has 0 saturated carbocycles. The molecule has 0 saturated heterocycles. The molecule has 1 aromatic rings. The van der Waals surface area contributed by atoms with E-state index in [1.54, 1.807) is 19.2 Å². The van der Waals surface area contributed by atoms with E-state index in [0.717, 1.165) is 0 Å². The largest absolute Gasteiger partial charge is 0.485 e. The van der Waals surface area contributed by atoms with Crippen molar-refractivity contribution >= 4 is 17.4 Å². The summed E-state index contributed by atoms with van der Waals surface area (Å²) in [5.74, 6) is 0.884. The molecule has 0 atom stereocenters. The fraction of sp³-hybridized carbons (Fsp3) is 0.364. The molecule has 5 heteroatoms. The van der Waals surface area contributed by atoms with Crippen molar-refractivity contribution in [2.24, 2.45) is 0 Å². The lowest BCUT2D eigenvalue weighted by atomic mass is 10.1. The Morgan fingerprint density at radius 1 is 1.38 bits per heavy atom. The minimum Gasteiger partial charge on any atom is -0.485 e. The Morgan fingerprint density at radius 3 is 2.75 bits per heavy atom. The first-order chi connectivity index (χ1) is 7.74. The van der Waals surface area contributed by atoms with Crippen molar-refractivity contribution in [1.82, 2.24) is 5.32 Å². The normalized spacial score (nSPS) is 13.6. The lowest BCUT2D eigenvalue weighted by molar-refractivity contribution is 0.0982. The van der Waals surface area contributed by atoms with E-state index in [0.29, 0.717) is 35.3 Å². The molecular weight excluding hydrogens is 230 g/mol. The van der Waals surface area contributed by atoms with Gasteiger partial charge in [-0.15, -0.1) is 0 Å². The number of nitrogens with one attached hydrogen (secondary N) is 1. The van der Waals surface area contributed by atoms with Crippen LogP contribution in [0.2, 0.25) is 5.02 Å². The number of rotatable bonds is 3. The Kier molecular flexibility index (Phi) is 3.31. The smallest absolute Gasteiger partial charge is 0.180 e. The van der Waals surface area contributed by atoms with Crippen molar-refractivity contribution < 1.29 is 14.3 Å². The number of fused-ring (bicyclic) bond motifs is 1. The summed E-state index contributed by atoms with van der Waals surface area (Å²) >= 11 is 5.96. The Morgan fingerprint density at radius 2 is 2.06 bits per heavy atom. The number of carbonyl (C=O) groups excluding carboxylic acids is 1. The second-order valence-corrected chi connectivity index (χ2v) is 3.81. The molecule has 0 amide bonds. The highest BCUT2D eigenvalue weighted by molar-refractivity contribution is 6.32. The molecule has 0 spiro atoms. The van der Waals surface area contributed by atoms with Crippen LogP contribution >= 0.6 is 11.6 Å². The number of likely N-dealkylation sites (N-methyl/N-ethyl adjacent to an activating group) is 1. The third kappa shape index (κ3) is 1.99. The van der Waals surface area contributed by atoms with Gasteiger partial charge < -0.3 is 14.8 Å². The predicted octanol–water partition coefficient (Wildman–Crippen LogP) is 1.51. The molecule has 1 aliphatic heterocycles. The number of Topliss-reactive ketones (excluding diaryl/α,β-unsaturated/α-hetero) is 1. The summed E-state index contributed by atoms with van der Waals surface area (Å²) < 4.78 is 10.8. The average molecular weight is 242 g/mol. The number of hydrogen-bond acceptors (Lipinski definition) is 4. The van der Waals surface area contributed by atoms with Gasteiger partial charge in [0.05, 0.1) is 17.1 Å². The van der Waals surface area contributed by atoms with Crippen LogP contribution < -0.4 is 14.8 Å². The second-order valence-electron chi connectivity index (χ2n) is 3.40. The van der Waals surface area contributed by atoms with Crippen LogP contribution in [-0.2, 0) is 0 Å². The molecule has 4 nitrogen and oxygen atoms in total. The first-order valence-corrected chi connectivity index (χ1v) is 5.37. The quantitative estimate of drug-likeness (QED) is 0.815. The summed E-state index contributed by atoms with van der Waals surface area (Å²) in [6.45, 7) is 1.15. The summed E-state index contributed by atoms with van der Waals surface area (Å²) in [6, 6.07) is 3.31. The highest BCUT2D eigenvalue weighted by atomic mass is 35.5. The maximum Gasteiger partial charge on any atom is 0.180 e. The van der Waals surface area contributed by atoms with Gasteiger partial charge in [-0.25, -0.2) is 0 Å². The molecule has 0 fully saturated rings. The van der Waals surface area contributed by atoms with Gasteiger partial charge in [0.15, 0.2) is 17.3 Å². The predicted molar refractivity (Wildman–Crippen MR) is 60.7 cm³/mol. The van der Waals surface area contributed by atoms with Gasteiger partial charge in [-0.05, 0) is 19.2 Å². The first kappa shape index (κ1) is 11.2. The van der Waals surface area contributed by atoms with Crippen molar-refractivity contribution in [3.63, 3.8) is 0 Å². The highest BCUT2D eigenvalue weighted by Gasteiger charge is 2.22. The van der Waals surface area contributed by atoms with Gasteiger partial charge in [-0.3, -0.25) is 4.79 Å². The zero-order valence-electron chi connectivity index (χ0n) is 8.88.